The zero-order valence-corrected chi connectivity index (χ0v) is 16.4. The second-order valence-electron chi connectivity index (χ2n) is 7.57. The van der Waals surface area contributed by atoms with Crippen LogP contribution in [0.4, 0.5) is 5.69 Å². The van der Waals surface area contributed by atoms with Gasteiger partial charge in [0.25, 0.3) is 11.8 Å². The van der Waals surface area contributed by atoms with Gasteiger partial charge in [0.05, 0.1) is 11.1 Å². The number of nitrogens with one attached hydrogen (secondary N) is 1. The molecule has 4 rings (SSSR count). The SMILES string of the molecule is CN1CCN(Cc2ccc(NC(=O)CN3C(=O)c4ccccc4C3=O)cc2)CC1. The average molecular weight is 392 g/mol. The molecule has 3 amide bonds. The van der Waals surface area contributed by atoms with Gasteiger partial charge in [-0.2, -0.15) is 0 Å². The van der Waals surface area contributed by atoms with E-state index in [1.807, 2.05) is 24.3 Å². The maximum atomic E-state index is 12.4. The number of carbonyl (C=O) groups excluding carboxylic acids is 3. The van der Waals surface area contributed by atoms with Crippen molar-refractivity contribution in [3.8, 4) is 0 Å². The maximum Gasteiger partial charge on any atom is 0.262 e. The Kier molecular flexibility index (Phi) is 5.42. The van der Waals surface area contributed by atoms with Crippen LogP contribution in [0.15, 0.2) is 48.5 Å². The van der Waals surface area contributed by atoms with Gasteiger partial charge in [0.15, 0.2) is 0 Å². The summed E-state index contributed by atoms with van der Waals surface area (Å²) in [5.74, 6) is -1.25. The topological polar surface area (TPSA) is 73.0 Å². The molecule has 0 aromatic heterocycles. The Hall–Kier alpha value is -3.03. The van der Waals surface area contributed by atoms with Crippen LogP contribution >= 0.6 is 0 Å². The normalized spacial score (nSPS) is 17.5. The third-order valence-corrected chi connectivity index (χ3v) is 5.42. The summed E-state index contributed by atoms with van der Waals surface area (Å²) in [6.45, 7) is 4.84. The molecule has 7 heteroatoms. The van der Waals surface area contributed by atoms with E-state index in [1.165, 1.54) is 5.56 Å². The zero-order valence-electron chi connectivity index (χ0n) is 16.4. The van der Waals surface area contributed by atoms with Gasteiger partial charge < -0.3 is 10.2 Å². The summed E-state index contributed by atoms with van der Waals surface area (Å²) >= 11 is 0. The van der Waals surface area contributed by atoms with Gasteiger partial charge in [0, 0.05) is 38.4 Å². The third-order valence-electron chi connectivity index (χ3n) is 5.42. The minimum Gasteiger partial charge on any atom is -0.325 e. The van der Waals surface area contributed by atoms with Crippen molar-refractivity contribution >= 4 is 23.4 Å². The summed E-state index contributed by atoms with van der Waals surface area (Å²) in [4.78, 5) is 42.8. The molecule has 2 aliphatic rings. The number of anilines is 1. The number of piperazine rings is 1. The van der Waals surface area contributed by atoms with E-state index >= 15 is 0 Å². The Morgan fingerprint density at radius 2 is 1.48 bits per heavy atom. The molecule has 150 valence electrons. The monoisotopic (exact) mass is 392 g/mol. The van der Waals surface area contributed by atoms with E-state index < -0.39 is 17.7 Å². The molecule has 0 unspecified atom stereocenters. The van der Waals surface area contributed by atoms with Crippen LogP contribution in [0.3, 0.4) is 0 Å². The number of likely N-dealkylation sites (N-methyl/N-ethyl adjacent to an activating group) is 1. The highest BCUT2D eigenvalue weighted by atomic mass is 16.2. The van der Waals surface area contributed by atoms with Gasteiger partial charge in [-0.1, -0.05) is 24.3 Å². The highest BCUT2D eigenvalue weighted by molar-refractivity contribution is 6.22. The van der Waals surface area contributed by atoms with E-state index in [-0.39, 0.29) is 6.54 Å². The number of nitrogens with zero attached hydrogens (tertiary/aromatic N) is 3. The number of hydrogen-bond donors (Lipinski definition) is 1. The number of rotatable bonds is 5. The molecule has 29 heavy (non-hydrogen) atoms. The van der Waals surface area contributed by atoms with Gasteiger partial charge in [-0.3, -0.25) is 24.2 Å². The molecule has 0 spiro atoms. The Labute approximate surface area is 169 Å². The summed E-state index contributed by atoms with van der Waals surface area (Å²) in [5, 5.41) is 2.77. The molecule has 0 bridgehead atoms. The van der Waals surface area contributed by atoms with Crippen molar-refractivity contribution in [1.29, 1.82) is 0 Å². The summed E-state index contributed by atoms with van der Waals surface area (Å²) in [7, 11) is 2.14. The maximum absolute atomic E-state index is 12.4. The zero-order chi connectivity index (χ0) is 20.4. The Morgan fingerprint density at radius 1 is 0.897 bits per heavy atom. The molecule has 2 aromatic carbocycles. The van der Waals surface area contributed by atoms with Crippen LogP contribution in [0, 0.1) is 0 Å². The van der Waals surface area contributed by atoms with E-state index in [1.54, 1.807) is 24.3 Å². The molecule has 2 aromatic rings. The Morgan fingerprint density at radius 3 is 2.07 bits per heavy atom. The fourth-order valence-corrected chi connectivity index (χ4v) is 3.68. The lowest BCUT2D eigenvalue weighted by Gasteiger charge is -2.32. The summed E-state index contributed by atoms with van der Waals surface area (Å²) in [6.07, 6.45) is 0. The highest BCUT2D eigenvalue weighted by Gasteiger charge is 2.36. The predicted octanol–water partition coefficient (Wildman–Crippen LogP) is 1.67. The second-order valence-corrected chi connectivity index (χ2v) is 7.57. The van der Waals surface area contributed by atoms with Gasteiger partial charge in [0.1, 0.15) is 6.54 Å². The molecule has 0 atom stereocenters. The lowest BCUT2D eigenvalue weighted by atomic mass is 10.1. The number of benzene rings is 2. The van der Waals surface area contributed by atoms with Gasteiger partial charge in [0.2, 0.25) is 5.91 Å². The number of fused-ring (bicyclic) bond motifs is 1. The van der Waals surface area contributed by atoms with E-state index in [4.69, 9.17) is 0 Å². The highest BCUT2D eigenvalue weighted by Crippen LogP contribution is 2.22. The second kappa shape index (κ2) is 8.14. The van der Waals surface area contributed by atoms with Crippen LogP contribution < -0.4 is 5.32 Å². The molecular formula is C22H24N4O3. The quantitative estimate of drug-likeness (QED) is 0.784. The van der Waals surface area contributed by atoms with Crippen molar-refractivity contribution in [2.24, 2.45) is 0 Å². The fraction of sp³-hybridized carbons (Fsp3) is 0.318. The summed E-state index contributed by atoms with van der Waals surface area (Å²) in [6, 6.07) is 14.3. The van der Waals surface area contributed by atoms with E-state index in [0.717, 1.165) is 37.6 Å². The number of imide groups is 1. The molecule has 0 saturated carbocycles. The number of carbonyl (C=O) groups is 3. The molecule has 1 fully saturated rings. The molecule has 1 saturated heterocycles. The van der Waals surface area contributed by atoms with Crippen molar-refractivity contribution < 1.29 is 14.4 Å². The van der Waals surface area contributed by atoms with Crippen LogP contribution in [0.2, 0.25) is 0 Å². The number of hydrogen-bond acceptors (Lipinski definition) is 5. The molecular weight excluding hydrogens is 368 g/mol. The number of amides is 3. The van der Waals surface area contributed by atoms with Crippen molar-refractivity contribution in [1.82, 2.24) is 14.7 Å². The van der Waals surface area contributed by atoms with Crippen LogP contribution in [-0.2, 0) is 11.3 Å². The van der Waals surface area contributed by atoms with E-state index in [9.17, 15) is 14.4 Å². The lowest BCUT2D eigenvalue weighted by molar-refractivity contribution is -0.116. The van der Waals surface area contributed by atoms with Gasteiger partial charge in [-0.25, -0.2) is 0 Å². The summed E-state index contributed by atoms with van der Waals surface area (Å²) in [5.41, 5.74) is 2.53. The van der Waals surface area contributed by atoms with Crippen molar-refractivity contribution in [3.05, 3.63) is 65.2 Å². The molecule has 2 aliphatic heterocycles. The predicted molar refractivity (Wildman–Crippen MR) is 110 cm³/mol. The largest absolute Gasteiger partial charge is 0.325 e. The average Bonchev–Trinajstić information content (AvgIpc) is 2.96. The Balaban J connectivity index is 1.32. The van der Waals surface area contributed by atoms with Crippen LogP contribution in [0.1, 0.15) is 26.3 Å². The Bertz CT molecular complexity index is 898. The standard InChI is InChI=1S/C22H24N4O3/c1-24-10-12-25(13-11-24)14-16-6-8-17(9-7-16)23-20(27)15-26-21(28)18-4-2-3-5-19(18)22(26)29/h2-9H,10-15H2,1H3,(H,23,27). The van der Waals surface area contributed by atoms with Gasteiger partial charge in [-0.15, -0.1) is 0 Å². The third kappa shape index (κ3) is 4.21. The van der Waals surface area contributed by atoms with Crippen LogP contribution in [0.25, 0.3) is 0 Å². The first-order chi connectivity index (χ1) is 14.0. The lowest BCUT2D eigenvalue weighted by Crippen LogP contribution is -2.43. The minimum atomic E-state index is -0.428. The van der Waals surface area contributed by atoms with Crippen molar-refractivity contribution in [2.45, 2.75) is 6.54 Å². The molecule has 0 radical (unpaired) electrons. The van der Waals surface area contributed by atoms with Crippen LogP contribution in [-0.4, -0.2) is 72.2 Å². The molecule has 0 aliphatic carbocycles. The smallest absolute Gasteiger partial charge is 0.262 e. The molecule has 2 heterocycles. The summed E-state index contributed by atoms with van der Waals surface area (Å²) < 4.78 is 0. The fourth-order valence-electron chi connectivity index (χ4n) is 3.68. The first-order valence-electron chi connectivity index (χ1n) is 9.76. The molecule has 7 nitrogen and oxygen atoms in total. The first-order valence-corrected chi connectivity index (χ1v) is 9.76. The minimum absolute atomic E-state index is 0.296. The van der Waals surface area contributed by atoms with Gasteiger partial charge in [-0.05, 0) is 36.9 Å². The van der Waals surface area contributed by atoms with Crippen molar-refractivity contribution in [2.75, 3.05) is 45.1 Å². The molecule has 1 N–H and O–H groups in total. The first kappa shape index (κ1) is 19.3. The van der Waals surface area contributed by atoms with Gasteiger partial charge >= 0.3 is 0 Å². The van der Waals surface area contributed by atoms with E-state index in [2.05, 4.69) is 22.2 Å². The van der Waals surface area contributed by atoms with E-state index in [0.29, 0.717) is 16.8 Å². The van der Waals surface area contributed by atoms with Crippen LogP contribution in [0.5, 0.6) is 0 Å². The van der Waals surface area contributed by atoms with Crippen molar-refractivity contribution in [3.63, 3.8) is 0 Å².